The summed E-state index contributed by atoms with van der Waals surface area (Å²) in [4.78, 5) is 13.3. The Hall–Kier alpha value is -2.25. The van der Waals surface area contributed by atoms with Gasteiger partial charge in [0.15, 0.2) is 0 Å². The van der Waals surface area contributed by atoms with Crippen LogP contribution < -0.4 is 11.1 Å². The highest BCUT2D eigenvalue weighted by Crippen LogP contribution is 2.29. The third-order valence-corrected chi connectivity index (χ3v) is 2.69. The van der Waals surface area contributed by atoms with E-state index in [0.29, 0.717) is 0 Å². The molecule has 21 heavy (non-hydrogen) atoms. The lowest BCUT2D eigenvalue weighted by atomic mass is 10.2. The molecule has 1 rings (SSSR count). The number of carbonyl (C=O) groups is 1. The first kappa shape index (κ1) is 16.8. The molecule has 116 valence electrons. The van der Waals surface area contributed by atoms with Crippen LogP contribution in [0.1, 0.15) is 19.4 Å². The Labute approximate surface area is 120 Å². The van der Waals surface area contributed by atoms with Gasteiger partial charge in [0.1, 0.15) is 5.84 Å². The topological polar surface area (TPSA) is 82.2 Å². The van der Waals surface area contributed by atoms with Crippen molar-refractivity contribution in [1.82, 2.24) is 4.90 Å². The molecule has 2 amide bonds. The van der Waals surface area contributed by atoms with Gasteiger partial charge in [-0.1, -0.05) is 0 Å². The number of anilines is 1. The van der Waals surface area contributed by atoms with Crippen LogP contribution in [0.15, 0.2) is 24.3 Å². The molecule has 0 radical (unpaired) electrons. The molecule has 0 unspecified atom stereocenters. The second kappa shape index (κ2) is 6.47. The van der Waals surface area contributed by atoms with E-state index in [4.69, 9.17) is 11.1 Å². The van der Waals surface area contributed by atoms with Crippen molar-refractivity contribution < 1.29 is 18.0 Å². The van der Waals surface area contributed by atoms with Crippen LogP contribution in [0.3, 0.4) is 0 Å². The van der Waals surface area contributed by atoms with E-state index in [2.05, 4.69) is 5.32 Å². The highest BCUT2D eigenvalue weighted by molar-refractivity contribution is 5.92. The molecule has 4 N–H and O–H groups in total. The van der Waals surface area contributed by atoms with Gasteiger partial charge in [-0.05, 0) is 38.1 Å². The van der Waals surface area contributed by atoms with Crippen LogP contribution in [-0.2, 0) is 6.18 Å². The number of carbonyl (C=O) groups excluding carboxylic acids is 1. The van der Waals surface area contributed by atoms with E-state index in [1.54, 1.807) is 13.8 Å². The van der Waals surface area contributed by atoms with Gasteiger partial charge in [-0.2, -0.15) is 13.2 Å². The summed E-state index contributed by atoms with van der Waals surface area (Å²) in [6.45, 7) is 3.44. The van der Waals surface area contributed by atoms with Gasteiger partial charge in [-0.25, -0.2) is 4.79 Å². The Morgan fingerprint density at radius 1 is 1.33 bits per heavy atom. The van der Waals surface area contributed by atoms with Crippen molar-refractivity contribution in [1.29, 1.82) is 5.41 Å². The van der Waals surface area contributed by atoms with E-state index < -0.39 is 17.8 Å². The van der Waals surface area contributed by atoms with E-state index >= 15 is 0 Å². The first-order chi connectivity index (χ1) is 9.61. The number of nitrogens with one attached hydrogen (secondary N) is 2. The Balaban J connectivity index is 2.79. The molecule has 0 bridgehead atoms. The first-order valence-electron chi connectivity index (χ1n) is 6.19. The second-order valence-corrected chi connectivity index (χ2v) is 4.75. The number of rotatable bonds is 4. The number of halogens is 3. The Kier molecular flexibility index (Phi) is 5.17. The van der Waals surface area contributed by atoms with Crippen molar-refractivity contribution >= 4 is 17.6 Å². The fraction of sp³-hybridized carbons (Fsp3) is 0.385. The molecule has 1 aromatic carbocycles. The monoisotopic (exact) mass is 302 g/mol. The number of hydrogen-bond acceptors (Lipinski definition) is 2. The van der Waals surface area contributed by atoms with E-state index in [1.165, 1.54) is 17.0 Å². The molecule has 0 saturated carbocycles. The lowest BCUT2D eigenvalue weighted by Crippen LogP contribution is -2.44. The lowest BCUT2D eigenvalue weighted by Gasteiger charge is -2.26. The minimum Gasteiger partial charge on any atom is -0.386 e. The summed E-state index contributed by atoms with van der Waals surface area (Å²) in [5.74, 6) is -0.175. The summed E-state index contributed by atoms with van der Waals surface area (Å²) in [5, 5.41) is 9.69. The number of nitrogens with two attached hydrogens (primary N) is 1. The van der Waals surface area contributed by atoms with E-state index in [9.17, 15) is 18.0 Å². The molecule has 1 aromatic rings. The number of urea groups is 1. The molecule has 0 saturated heterocycles. The molecule has 0 atom stereocenters. The summed E-state index contributed by atoms with van der Waals surface area (Å²) < 4.78 is 37.3. The first-order valence-corrected chi connectivity index (χ1v) is 6.19. The SMILES string of the molecule is CC(C)N(CC(=N)N)C(=O)Nc1ccc(C(F)(F)F)cc1. The number of alkyl halides is 3. The number of amidine groups is 1. The second-order valence-electron chi connectivity index (χ2n) is 4.75. The maximum atomic E-state index is 12.4. The van der Waals surface area contributed by atoms with E-state index in [1.807, 2.05) is 0 Å². The fourth-order valence-electron chi connectivity index (χ4n) is 1.61. The summed E-state index contributed by atoms with van der Waals surface area (Å²) in [7, 11) is 0. The third kappa shape index (κ3) is 4.97. The lowest BCUT2D eigenvalue weighted by molar-refractivity contribution is -0.137. The Morgan fingerprint density at radius 2 is 1.86 bits per heavy atom. The van der Waals surface area contributed by atoms with Crippen molar-refractivity contribution in [2.24, 2.45) is 5.73 Å². The van der Waals surface area contributed by atoms with Gasteiger partial charge in [0.05, 0.1) is 12.1 Å². The minimum absolute atomic E-state index is 0.0515. The predicted octanol–water partition coefficient (Wildman–Crippen LogP) is 2.88. The van der Waals surface area contributed by atoms with Gasteiger partial charge in [0, 0.05) is 11.7 Å². The number of nitrogens with zero attached hydrogens (tertiary/aromatic N) is 1. The average molecular weight is 302 g/mol. The highest BCUT2D eigenvalue weighted by atomic mass is 19.4. The normalized spacial score (nSPS) is 11.3. The van der Waals surface area contributed by atoms with Crippen LogP contribution in [0.25, 0.3) is 0 Å². The molecule has 0 aromatic heterocycles. The van der Waals surface area contributed by atoms with Crippen molar-refractivity contribution in [2.45, 2.75) is 26.1 Å². The number of amides is 2. The molecule has 5 nitrogen and oxygen atoms in total. The zero-order chi connectivity index (χ0) is 16.2. The molecule has 8 heteroatoms. The van der Waals surface area contributed by atoms with Crippen LogP contribution in [0.2, 0.25) is 0 Å². The smallest absolute Gasteiger partial charge is 0.386 e. The zero-order valence-corrected chi connectivity index (χ0v) is 11.7. The summed E-state index contributed by atoms with van der Waals surface area (Å²) in [6.07, 6.45) is -4.42. The molecule has 0 aliphatic heterocycles. The maximum Gasteiger partial charge on any atom is 0.416 e. The Morgan fingerprint density at radius 3 is 2.24 bits per heavy atom. The summed E-state index contributed by atoms with van der Waals surface area (Å²) in [5.41, 5.74) is 4.72. The van der Waals surface area contributed by atoms with Crippen LogP contribution in [-0.4, -0.2) is 29.4 Å². The van der Waals surface area contributed by atoms with Gasteiger partial charge in [0.2, 0.25) is 0 Å². The van der Waals surface area contributed by atoms with E-state index in [-0.39, 0.29) is 24.1 Å². The largest absolute Gasteiger partial charge is 0.416 e. The summed E-state index contributed by atoms with van der Waals surface area (Å²) >= 11 is 0. The van der Waals surface area contributed by atoms with Crippen molar-refractivity contribution in [3.05, 3.63) is 29.8 Å². The van der Waals surface area contributed by atoms with Crippen molar-refractivity contribution in [3.8, 4) is 0 Å². The van der Waals surface area contributed by atoms with Crippen molar-refractivity contribution in [2.75, 3.05) is 11.9 Å². The molecule has 0 spiro atoms. The van der Waals surface area contributed by atoms with E-state index in [0.717, 1.165) is 12.1 Å². The van der Waals surface area contributed by atoms with Gasteiger partial charge >= 0.3 is 12.2 Å². The minimum atomic E-state index is -4.42. The quantitative estimate of drug-likeness (QED) is 0.590. The van der Waals surface area contributed by atoms with Gasteiger partial charge in [-0.3, -0.25) is 5.41 Å². The van der Waals surface area contributed by atoms with Crippen molar-refractivity contribution in [3.63, 3.8) is 0 Å². The molecule has 0 aliphatic rings. The average Bonchev–Trinajstić information content (AvgIpc) is 2.34. The Bertz CT molecular complexity index is 511. The molecule has 0 fully saturated rings. The fourth-order valence-corrected chi connectivity index (χ4v) is 1.61. The standard InChI is InChI=1S/C13H17F3N4O/c1-8(2)20(7-11(17)18)12(21)19-10-5-3-9(4-6-10)13(14,15)16/h3-6,8H,7H2,1-2H3,(H3,17,18)(H,19,21). The van der Waals surface area contributed by atoms with Gasteiger partial charge < -0.3 is 16.0 Å². The third-order valence-electron chi connectivity index (χ3n) is 2.69. The van der Waals surface area contributed by atoms with Crippen LogP contribution in [0.4, 0.5) is 23.7 Å². The molecule has 0 heterocycles. The molecular formula is C13H17F3N4O. The highest BCUT2D eigenvalue weighted by Gasteiger charge is 2.30. The van der Waals surface area contributed by atoms with Crippen LogP contribution >= 0.6 is 0 Å². The zero-order valence-electron chi connectivity index (χ0n) is 11.7. The maximum absolute atomic E-state index is 12.4. The van der Waals surface area contributed by atoms with Gasteiger partial charge in [-0.15, -0.1) is 0 Å². The number of benzene rings is 1. The van der Waals surface area contributed by atoms with Crippen LogP contribution in [0, 0.1) is 5.41 Å². The van der Waals surface area contributed by atoms with Crippen LogP contribution in [0.5, 0.6) is 0 Å². The molecular weight excluding hydrogens is 285 g/mol. The summed E-state index contributed by atoms with van der Waals surface area (Å²) in [6, 6.07) is 3.39. The van der Waals surface area contributed by atoms with Gasteiger partial charge in [0.25, 0.3) is 0 Å². The predicted molar refractivity (Wildman–Crippen MR) is 74.2 cm³/mol. The molecule has 0 aliphatic carbocycles. The number of hydrogen-bond donors (Lipinski definition) is 3.